The highest BCUT2D eigenvalue weighted by Gasteiger charge is 2.09. The number of fused-ring (bicyclic) bond motifs is 1. The van der Waals surface area contributed by atoms with E-state index in [0.717, 1.165) is 16.3 Å². The summed E-state index contributed by atoms with van der Waals surface area (Å²) in [5, 5.41) is 2.17. The van der Waals surface area contributed by atoms with Crippen molar-refractivity contribution in [3.63, 3.8) is 0 Å². The van der Waals surface area contributed by atoms with Gasteiger partial charge in [0.15, 0.2) is 5.78 Å². The molecule has 2 nitrogen and oxygen atoms in total. The van der Waals surface area contributed by atoms with Crippen molar-refractivity contribution in [3.05, 3.63) is 47.5 Å². The predicted octanol–water partition coefficient (Wildman–Crippen LogP) is 2.68. The Morgan fingerprint density at radius 3 is 2.50 bits per heavy atom. The van der Waals surface area contributed by atoms with Crippen LogP contribution in [0, 0.1) is 6.92 Å². The molecule has 2 heteroatoms. The van der Waals surface area contributed by atoms with E-state index in [1.807, 2.05) is 36.4 Å². The standard InChI is InChI=1S/C14H15NO/c1-10-6-7-13(14(16)8-9-15)12-5-3-2-4-11(10)12/h2-7H,8-9,15H2,1H3. The maximum Gasteiger partial charge on any atom is 0.164 e. The topological polar surface area (TPSA) is 43.1 Å². The van der Waals surface area contributed by atoms with Crippen molar-refractivity contribution < 1.29 is 4.79 Å². The lowest BCUT2D eigenvalue weighted by Gasteiger charge is -2.07. The van der Waals surface area contributed by atoms with Crippen molar-refractivity contribution >= 4 is 16.6 Å². The molecule has 0 atom stereocenters. The Bertz CT molecular complexity index is 531. The van der Waals surface area contributed by atoms with Gasteiger partial charge in [-0.3, -0.25) is 4.79 Å². The van der Waals surface area contributed by atoms with Crippen molar-refractivity contribution in [1.29, 1.82) is 0 Å². The Morgan fingerprint density at radius 1 is 1.12 bits per heavy atom. The van der Waals surface area contributed by atoms with Crippen LogP contribution in [0.5, 0.6) is 0 Å². The molecule has 0 saturated heterocycles. The van der Waals surface area contributed by atoms with Gasteiger partial charge in [-0.1, -0.05) is 36.4 Å². The maximum absolute atomic E-state index is 11.9. The second kappa shape index (κ2) is 4.45. The minimum absolute atomic E-state index is 0.124. The van der Waals surface area contributed by atoms with Crippen LogP contribution in [0.3, 0.4) is 0 Å². The van der Waals surface area contributed by atoms with Gasteiger partial charge >= 0.3 is 0 Å². The minimum atomic E-state index is 0.124. The lowest BCUT2D eigenvalue weighted by Crippen LogP contribution is -2.08. The third-order valence-electron chi connectivity index (χ3n) is 2.81. The first kappa shape index (κ1) is 10.8. The lowest BCUT2D eigenvalue weighted by atomic mass is 9.97. The van der Waals surface area contributed by atoms with Crippen LogP contribution in [0.4, 0.5) is 0 Å². The SMILES string of the molecule is Cc1ccc(C(=O)CCN)c2ccccc12. The van der Waals surface area contributed by atoms with E-state index in [-0.39, 0.29) is 5.78 Å². The van der Waals surface area contributed by atoms with Crippen molar-refractivity contribution in [2.75, 3.05) is 6.54 Å². The number of Topliss-reactive ketones (excluding diaryl/α,β-unsaturated/α-hetero) is 1. The summed E-state index contributed by atoms with van der Waals surface area (Å²) in [5.41, 5.74) is 7.40. The van der Waals surface area contributed by atoms with E-state index in [0.29, 0.717) is 13.0 Å². The van der Waals surface area contributed by atoms with E-state index in [9.17, 15) is 4.79 Å². The molecule has 16 heavy (non-hydrogen) atoms. The summed E-state index contributed by atoms with van der Waals surface area (Å²) in [6.45, 7) is 2.46. The second-order valence-corrected chi connectivity index (χ2v) is 3.94. The van der Waals surface area contributed by atoms with Crippen LogP contribution in [0.2, 0.25) is 0 Å². The average Bonchev–Trinajstić information content (AvgIpc) is 2.30. The lowest BCUT2D eigenvalue weighted by molar-refractivity contribution is 0.0987. The highest BCUT2D eigenvalue weighted by Crippen LogP contribution is 2.23. The van der Waals surface area contributed by atoms with E-state index in [2.05, 4.69) is 6.92 Å². The molecule has 0 unspecified atom stereocenters. The van der Waals surface area contributed by atoms with Gasteiger partial charge < -0.3 is 5.73 Å². The summed E-state index contributed by atoms with van der Waals surface area (Å²) >= 11 is 0. The largest absolute Gasteiger partial charge is 0.330 e. The summed E-state index contributed by atoms with van der Waals surface area (Å²) in [7, 11) is 0. The maximum atomic E-state index is 11.9. The van der Waals surface area contributed by atoms with Gasteiger partial charge in [0, 0.05) is 12.0 Å². The molecule has 0 amide bonds. The predicted molar refractivity (Wildman–Crippen MR) is 66.7 cm³/mol. The molecular weight excluding hydrogens is 198 g/mol. The molecule has 0 bridgehead atoms. The first-order chi connectivity index (χ1) is 7.74. The minimum Gasteiger partial charge on any atom is -0.330 e. The number of carbonyl (C=O) groups excluding carboxylic acids is 1. The van der Waals surface area contributed by atoms with Crippen LogP contribution in [0.1, 0.15) is 22.3 Å². The number of nitrogens with two attached hydrogens (primary N) is 1. The molecule has 2 aromatic carbocycles. The molecule has 2 N–H and O–H groups in total. The molecule has 82 valence electrons. The van der Waals surface area contributed by atoms with Gasteiger partial charge in [-0.25, -0.2) is 0 Å². The number of hydrogen-bond acceptors (Lipinski definition) is 2. The van der Waals surface area contributed by atoms with Gasteiger partial charge in [-0.2, -0.15) is 0 Å². The van der Waals surface area contributed by atoms with Crippen molar-refractivity contribution in [2.24, 2.45) is 5.73 Å². The quantitative estimate of drug-likeness (QED) is 0.796. The normalized spacial score (nSPS) is 10.6. The zero-order valence-electron chi connectivity index (χ0n) is 9.36. The number of rotatable bonds is 3. The van der Waals surface area contributed by atoms with Crippen molar-refractivity contribution in [2.45, 2.75) is 13.3 Å². The molecule has 0 aliphatic rings. The smallest absolute Gasteiger partial charge is 0.164 e. The fraction of sp³-hybridized carbons (Fsp3) is 0.214. The first-order valence-electron chi connectivity index (χ1n) is 5.45. The van der Waals surface area contributed by atoms with Gasteiger partial charge in [-0.15, -0.1) is 0 Å². The fourth-order valence-corrected chi connectivity index (χ4v) is 1.96. The van der Waals surface area contributed by atoms with Gasteiger partial charge in [-0.05, 0) is 29.8 Å². The molecule has 0 aliphatic carbocycles. The van der Waals surface area contributed by atoms with E-state index < -0.39 is 0 Å². The summed E-state index contributed by atoms with van der Waals surface area (Å²) in [6, 6.07) is 11.9. The monoisotopic (exact) mass is 213 g/mol. The Hall–Kier alpha value is -1.67. The van der Waals surface area contributed by atoms with Crippen molar-refractivity contribution in [3.8, 4) is 0 Å². The van der Waals surface area contributed by atoms with Crippen LogP contribution in [-0.2, 0) is 0 Å². The zero-order chi connectivity index (χ0) is 11.5. The molecule has 2 aromatic rings. The molecule has 0 fully saturated rings. The Labute approximate surface area is 95.1 Å². The molecule has 0 aliphatic heterocycles. The van der Waals surface area contributed by atoms with E-state index in [1.165, 1.54) is 5.56 Å². The molecule has 0 spiro atoms. The third-order valence-corrected chi connectivity index (χ3v) is 2.81. The fourth-order valence-electron chi connectivity index (χ4n) is 1.96. The van der Waals surface area contributed by atoms with Gasteiger partial charge in [0.2, 0.25) is 0 Å². The summed E-state index contributed by atoms with van der Waals surface area (Å²) in [6.07, 6.45) is 0.410. The van der Waals surface area contributed by atoms with E-state index in [4.69, 9.17) is 5.73 Å². The molecular formula is C14H15NO. The Morgan fingerprint density at radius 2 is 1.81 bits per heavy atom. The highest BCUT2D eigenvalue weighted by atomic mass is 16.1. The summed E-state index contributed by atoms with van der Waals surface area (Å²) in [5.74, 6) is 0.124. The third kappa shape index (κ3) is 1.84. The van der Waals surface area contributed by atoms with E-state index in [1.54, 1.807) is 0 Å². The van der Waals surface area contributed by atoms with E-state index >= 15 is 0 Å². The van der Waals surface area contributed by atoms with Crippen LogP contribution in [0.15, 0.2) is 36.4 Å². The van der Waals surface area contributed by atoms with Gasteiger partial charge in [0.05, 0.1) is 0 Å². The average molecular weight is 213 g/mol. The first-order valence-corrected chi connectivity index (χ1v) is 5.45. The highest BCUT2D eigenvalue weighted by molar-refractivity contribution is 6.08. The van der Waals surface area contributed by atoms with Crippen LogP contribution in [0.25, 0.3) is 10.8 Å². The van der Waals surface area contributed by atoms with Crippen LogP contribution >= 0.6 is 0 Å². The Kier molecular flexibility index (Phi) is 3.02. The number of aryl methyl sites for hydroxylation is 1. The molecule has 0 saturated carbocycles. The van der Waals surface area contributed by atoms with Gasteiger partial charge in [0.25, 0.3) is 0 Å². The summed E-state index contributed by atoms with van der Waals surface area (Å²) < 4.78 is 0. The molecule has 0 aromatic heterocycles. The van der Waals surface area contributed by atoms with Crippen LogP contribution < -0.4 is 5.73 Å². The molecule has 0 heterocycles. The van der Waals surface area contributed by atoms with Crippen LogP contribution in [-0.4, -0.2) is 12.3 Å². The number of benzene rings is 2. The molecule has 2 rings (SSSR count). The number of carbonyl (C=O) groups is 1. The molecule has 0 radical (unpaired) electrons. The van der Waals surface area contributed by atoms with Gasteiger partial charge in [0.1, 0.15) is 0 Å². The van der Waals surface area contributed by atoms with Crippen molar-refractivity contribution in [1.82, 2.24) is 0 Å². The zero-order valence-corrected chi connectivity index (χ0v) is 9.36. The Balaban J connectivity index is 2.63. The number of ketones is 1. The second-order valence-electron chi connectivity index (χ2n) is 3.94. The number of hydrogen-bond donors (Lipinski definition) is 1. The summed E-state index contributed by atoms with van der Waals surface area (Å²) in [4.78, 5) is 11.9.